The van der Waals surface area contributed by atoms with Crippen LogP contribution in [0.1, 0.15) is 90.0 Å². The molecule has 4 aromatic rings. The fraction of sp³-hybridized carbons (Fsp3) is 0.543. The Balaban J connectivity index is 0. The second-order valence-electron chi connectivity index (χ2n) is 12.9. The number of esters is 1. The first kappa shape index (κ1) is 41.5. The number of fused-ring (bicyclic) bond motifs is 2. The Morgan fingerprint density at radius 2 is 1.09 bits per heavy atom. The van der Waals surface area contributed by atoms with E-state index in [9.17, 15) is 9.59 Å². The van der Waals surface area contributed by atoms with Crippen molar-refractivity contribution in [3.8, 4) is 0 Å². The molecule has 1 amide bonds. The number of aryl methyl sites for hydroxylation is 2. The number of nitrogens with zero attached hydrogens (tertiary/aromatic N) is 4. The normalized spacial score (nSPS) is 10.4. The van der Waals surface area contributed by atoms with Crippen LogP contribution < -0.4 is 5.32 Å². The minimum Gasteiger partial charge on any atom is -0.466 e. The number of ether oxygens (including phenoxy) is 1. The zero-order valence-corrected chi connectivity index (χ0v) is 26.8. The van der Waals surface area contributed by atoms with Crippen LogP contribution >= 0.6 is 0 Å². The molecule has 43 heavy (non-hydrogen) atoms. The van der Waals surface area contributed by atoms with Crippen LogP contribution in [0.3, 0.4) is 0 Å². The SMILES string of the molecule is C.C.CC(C)(C)C.CC(C)(C)C.CCOC(=O)CCn1cc2ccccc2n1.CNC(=O)CCn1cc2ccccc2n1. The Hall–Kier alpha value is -3.68. The average molecular weight is 598 g/mol. The molecule has 0 spiro atoms. The number of hydrogen-bond acceptors (Lipinski definition) is 5. The van der Waals surface area contributed by atoms with Gasteiger partial charge in [-0.05, 0) is 29.9 Å². The molecule has 8 heteroatoms. The molecule has 0 aliphatic rings. The third kappa shape index (κ3) is 20.8. The fourth-order valence-electron chi connectivity index (χ4n) is 3.04. The van der Waals surface area contributed by atoms with Gasteiger partial charge in [-0.1, -0.05) is 107 Å². The van der Waals surface area contributed by atoms with Gasteiger partial charge in [-0.15, -0.1) is 0 Å². The highest BCUT2D eigenvalue weighted by Gasteiger charge is 2.04. The molecule has 0 bridgehead atoms. The van der Waals surface area contributed by atoms with Crippen LogP contribution in [0.25, 0.3) is 21.8 Å². The van der Waals surface area contributed by atoms with Gasteiger partial charge < -0.3 is 10.1 Å². The highest BCUT2D eigenvalue weighted by molar-refractivity contribution is 5.78. The summed E-state index contributed by atoms with van der Waals surface area (Å²) in [6, 6.07) is 15.8. The summed E-state index contributed by atoms with van der Waals surface area (Å²) in [5.41, 5.74) is 2.92. The zero-order chi connectivity index (χ0) is 31.1. The van der Waals surface area contributed by atoms with Gasteiger partial charge in [0.2, 0.25) is 5.91 Å². The van der Waals surface area contributed by atoms with Crippen LogP contribution in [-0.2, 0) is 27.4 Å². The van der Waals surface area contributed by atoms with Gasteiger partial charge in [-0.2, -0.15) is 10.2 Å². The smallest absolute Gasteiger partial charge is 0.307 e. The Bertz CT molecular complexity index is 1240. The number of hydrogen-bond donors (Lipinski definition) is 1. The summed E-state index contributed by atoms with van der Waals surface area (Å²) < 4.78 is 8.44. The van der Waals surface area contributed by atoms with E-state index in [0.717, 1.165) is 21.8 Å². The molecule has 4 rings (SSSR count). The predicted octanol–water partition coefficient (Wildman–Crippen LogP) is 8.54. The quantitative estimate of drug-likeness (QED) is 0.216. The van der Waals surface area contributed by atoms with Crippen LogP contribution in [0.4, 0.5) is 0 Å². The van der Waals surface area contributed by atoms with Crippen LogP contribution in [0.2, 0.25) is 0 Å². The van der Waals surface area contributed by atoms with Crippen molar-refractivity contribution in [2.24, 2.45) is 10.8 Å². The van der Waals surface area contributed by atoms with Crippen molar-refractivity contribution in [2.75, 3.05) is 13.7 Å². The summed E-state index contributed by atoms with van der Waals surface area (Å²) in [5.74, 6) is -0.142. The van der Waals surface area contributed by atoms with Crippen molar-refractivity contribution in [3.05, 3.63) is 60.9 Å². The summed E-state index contributed by atoms with van der Waals surface area (Å²) in [5, 5.41) is 13.5. The minimum atomic E-state index is -0.179. The van der Waals surface area contributed by atoms with Crippen molar-refractivity contribution in [1.82, 2.24) is 24.9 Å². The van der Waals surface area contributed by atoms with E-state index in [4.69, 9.17) is 4.74 Å². The largest absolute Gasteiger partial charge is 0.466 e. The molecule has 0 aliphatic heterocycles. The molecule has 0 aliphatic carbocycles. The lowest BCUT2D eigenvalue weighted by Gasteiger charge is -2.05. The molecule has 0 atom stereocenters. The van der Waals surface area contributed by atoms with Crippen molar-refractivity contribution >= 4 is 33.7 Å². The topological polar surface area (TPSA) is 91.0 Å². The highest BCUT2D eigenvalue weighted by Crippen LogP contribution is 2.12. The molecule has 0 radical (unpaired) electrons. The van der Waals surface area contributed by atoms with Gasteiger partial charge in [-0.3, -0.25) is 19.0 Å². The number of carbonyl (C=O) groups excluding carboxylic acids is 2. The van der Waals surface area contributed by atoms with Crippen LogP contribution in [-0.4, -0.2) is 45.1 Å². The lowest BCUT2D eigenvalue weighted by Crippen LogP contribution is -2.19. The van der Waals surface area contributed by atoms with E-state index in [1.807, 2.05) is 60.9 Å². The second kappa shape index (κ2) is 20.3. The molecular weight excluding hydrogens is 538 g/mol. The van der Waals surface area contributed by atoms with Gasteiger partial charge >= 0.3 is 5.97 Å². The number of nitrogens with one attached hydrogen (secondary N) is 1. The Labute approximate surface area is 261 Å². The van der Waals surface area contributed by atoms with Crippen LogP contribution in [0, 0.1) is 10.8 Å². The molecule has 0 saturated carbocycles. The van der Waals surface area contributed by atoms with Crippen LogP contribution in [0.5, 0.6) is 0 Å². The van der Waals surface area contributed by atoms with Gasteiger partial charge in [-0.25, -0.2) is 0 Å². The predicted molar refractivity (Wildman–Crippen MR) is 183 cm³/mol. The Morgan fingerprint density at radius 3 is 1.44 bits per heavy atom. The van der Waals surface area contributed by atoms with Gasteiger partial charge in [0.05, 0.1) is 30.6 Å². The van der Waals surface area contributed by atoms with Gasteiger partial charge in [0, 0.05) is 43.2 Å². The first-order chi connectivity index (χ1) is 19.1. The van der Waals surface area contributed by atoms with Crippen LogP contribution in [0.15, 0.2) is 60.9 Å². The lowest BCUT2D eigenvalue weighted by molar-refractivity contribution is -0.143. The van der Waals surface area contributed by atoms with Gasteiger partial charge in [0.15, 0.2) is 0 Å². The van der Waals surface area contributed by atoms with E-state index in [0.29, 0.717) is 43.4 Å². The lowest BCUT2D eigenvalue weighted by atomic mass is 10.0. The monoisotopic (exact) mass is 597 g/mol. The van der Waals surface area contributed by atoms with Crippen molar-refractivity contribution in [3.63, 3.8) is 0 Å². The fourth-order valence-corrected chi connectivity index (χ4v) is 3.04. The maximum absolute atomic E-state index is 11.2. The van der Waals surface area contributed by atoms with Crippen molar-refractivity contribution < 1.29 is 14.3 Å². The summed E-state index contributed by atoms with van der Waals surface area (Å²) in [7, 11) is 1.64. The zero-order valence-electron chi connectivity index (χ0n) is 26.8. The molecule has 2 aromatic carbocycles. The molecule has 2 aromatic heterocycles. The van der Waals surface area contributed by atoms with E-state index >= 15 is 0 Å². The first-order valence-corrected chi connectivity index (χ1v) is 14.3. The number of carbonyl (C=O) groups is 2. The van der Waals surface area contributed by atoms with Gasteiger partial charge in [0.25, 0.3) is 0 Å². The van der Waals surface area contributed by atoms with Crippen molar-refractivity contribution in [1.29, 1.82) is 0 Å². The van der Waals surface area contributed by atoms with E-state index < -0.39 is 0 Å². The molecule has 0 fully saturated rings. The molecule has 1 N–H and O–H groups in total. The number of rotatable bonds is 7. The first-order valence-electron chi connectivity index (χ1n) is 14.3. The van der Waals surface area contributed by atoms with Gasteiger partial charge in [0.1, 0.15) is 0 Å². The molecule has 0 unspecified atom stereocenters. The maximum Gasteiger partial charge on any atom is 0.307 e. The molecular formula is C35H59N5O3. The number of benzene rings is 2. The minimum absolute atomic E-state index is 0. The third-order valence-electron chi connectivity index (χ3n) is 4.62. The van der Waals surface area contributed by atoms with E-state index in [1.165, 1.54) is 0 Å². The van der Waals surface area contributed by atoms with Crippen molar-refractivity contribution in [2.45, 2.75) is 103 Å². The molecule has 2 heterocycles. The summed E-state index contributed by atoms with van der Waals surface area (Å²) >= 11 is 0. The number of aromatic nitrogens is 4. The summed E-state index contributed by atoms with van der Waals surface area (Å²) in [6.07, 6.45) is 4.72. The molecule has 0 saturated heterocycles. The van der Waals surface area contributed by atoms with E-state index in [1.54, 1.807) is 23.3 Å². The standard InChI is InChI=1S/C12H14N2O2.C11H13N3O.2C5H12.2CH4/c1-2-16-12(15)7-8-14-9-10-5-3-4-6-11(10)13-14;1-12-11(15)6-7-14-8-9-4-2-3-5-10(9)13-14;2*1-5(2,3)4;;/h3-6,9H,2,7-8H2,1H3;2-5,8H,6-7H2,1H3,(H,12,15);2*1-4H3;2*1H4. The molecule has 242 valence electrons. The maximum atomic E-state index is 11.2. The highest BCUT2D eigenvalue weighted by atomic mass is 16.5. The van der Waals surface area contributed by atoms with E-state index in [-0.39, 0.29) is 26.7 Å². The second-order valence-corrected chi connectivity index (χ2v) is 12.9. The summed E-state index contributed by atoms with van der Waals surface area (Å²) in [6.45, 7) is 20.9. The molecule has 8 nitrogen and oxygen atoms in total. The Morgan fingerprint density at radius 1 is 0.721 bits per heavy atom. The summed E-state index contributed by atoms with van der Waals surface area (Å²) in [4.78, 5) is 22.2. The van der Waals surface area contributed by atoms with E-state index in [2.05, 4.69) is 70.9 Å². The average Bonchev–Trinajstić information content (AvgIpc) is 3.48. The number of amides is 1. The third-order valence-corrected chi connectivity index (χ3v) is 4.62. The Kier molecular flexibility index (Phi) is 19.5.